The Morgan fingerprint density at radius 3 is 1.95 bits per heavy atom. The van der Waals surface area contributed by atoms with Crippen LogP contribution in [-0.4, -0.2) is 41.3 Å². The van der Waals surface area contributed by atoms with Crippen LogP contribution in [0.4, 0.5) is 5.95 Å². The van der Waals surface area contributed by atoms with Gasteiger partial charge in [-0.3, -0.25) is 0 Å². The lowest BCUT2D eigenvalue weighted by Gasteiger charge is -2.16. The van der Waals surface area contributed by atoms with Crippen molar-refractivity contribution >= 4 is 5.95 Å². The number of hydrogen-bond donors (Lipinski definition) is 0. The van der Waals surface area contributed by atoms with Gasteiger partial charge in [-0.25, -0.2) is 0 Å². The van der Waals surface area contributed by atoms with E-state index in [-0.39, 0.29) is 12.0 Å². The van der Waals surface area contributed by atoms with Crippen LogP contribution in [-0.2, 0) is 0 Å². The fourth-order valence-corrected chi connectivity index (χ4v) is 1.78. The predicted octanol–water partition coefficient (Wildman–Crippen LogP) is 1.60. The number of rotatable bonds is 7. The summed E-state index contributed by atoms with van der Waals surface area (Å²) in [5.41, 5.74) is 0. The number of anilines is 1. The molecule has 2 heterocycles. The molecule has 0 saturated carbocycles. The van der Waals surface area contributed by atoms with Gasteiger partial charge in [0.05, 0.1) is 0 Å². The van der Waals surface area contributed by atoms with Gasteiger partial charge in [0.1, 0.15) is 13.2 Å². The molecular weight excluding hydrogens is 244 g/mol. The van der Waals surface area contributed by atoms with Crippen molar-refractivity contribution in [3.63, 3.8) is 0 Å². The SMILES string of the molecule is C=CCOc1nc(OCC=C)nc(N2CCCC2)n1. The lowest BCUT2D eigenvalue weighted by atomic mass is 10.4. The molecule has 0 aliphatic carbocycles. The van der Waals surface area contributed by atoms with E-state index in [2.05, 4.69) is 33.0 Å². The second-order valence-corrected chi connectivity index (χ2v) is 4.09. The van der Waals surface area contributed by atoms with Crippen LogP contribution in [0.25, 0.3) is 0 Å². The molecule has 0 bridgehead atoms. The van der Waals surface area contributed by atoms with Gasteiger partial charge in [-0.05, 0) is 12.8 Å². The Labute approximate surface area is 112 Å². The molecule has 6 nitrogen and oxygen atoms in total. The molecule has 0 atom stereocenters. The minimum absolute atomic E-state index is 0.260. The summed E-state index contributed by atoms with van der Waals surface area (Å²) in [5, 5.41) is 0. The minimum atomic E-state index is 0.260. The zero-order chi connectivity index (χ0) is 13.5. The van der Waals surface area contributed by atoms with Gasteiger partial charge < -0.3 is 14.4 Å². The van der Waals surface area contributed by atoms with Gasteiger partial charge in [-0.15, -0.1) is 4.98 Å². The Balaban J connectivity index is 2.19. The molecule has 2 rings (SSSR count). The number of aromatic nitrogens is 3. The zero-order valence-corrected chi connectivity index (χ0v) is 10.9. The maximum absolute atomic E-state index is 5.36. The first-order valence-corrected chi connectivity index (χ1v) is 6.32. The summed E-state index contributed by atoms with van der Waals surface area (Å²) in [6.45, 7) is 9.80. The second-order valence-electron chi connectivity index (χ2n) is 4.09. The van der Waals surface area contributed by atoms with E-state index in [4.69, 9.17) is 9.47 Å². The smallest absolute Gasteiger partial charge is 0.324 e. The normalized spacial score (nSPS) is 14.2. The van der Waals surface area contributed by atoms with Gasteiger partial charge in [-0.2, -0.15) is 9.97 Å². The Hall–Kier alpha value is -2.11. The Morgan fingerprint density at radius 1 is 0.947 bits per heavy atom. The molecule has 1 fully saturated rings. The first kappa shape index (κ1) is 13.3. The lowest BCUT2D eigenvalue weighted by Crippen LogP contribution is -2.21. The molecule has 0 spiro atoms. The summed E-state index contributed by atoms with van der Waals surface area (Å²) in [6.07, 6.45) is 5.59. The molecule has 6 heteroatoms. The van der Waals surface area contributed by atoms with Gasteiger partial charge >= 0.3 is 12.0 Å². The molecule has 19 heavy (non-hydrogen) atoms. The van der Waals surface area contributed by atoms with E-state index in [1.165, 1.54) is 0 Å². The van der Waals surface area contributed by atoms with Gasteiger partial charge in [-0.1, -0.05) is 25.3 Å². The third kappa shape index (κ3) is 3.67. The fraction of sp³-hybridized carbons (Fsp3) is 0.462. The lowest BCUT2D eigenvalue weighted by molar-refractivity contribution is 0.298. The van der Waals surface area contributed by atoms with Crippen LogP contribution in [0.15, 0.2) is 25.3 Å². The van der Waals surface area contributed by atoms with E-state index in [1.54, 1.807) is 12.2 Å². The molecule has 0 N–H and O–H groups in total. The third-order valence-corrected chi connectivity index (χ3v) is 2.63. The van der Waals surface area contributed by atoms with Crippen LogP contribution >= 0.6 is 0 Å². The van der Waals surface area contributed by atoms with Crippen molar-refractivity contribution in [1.82, 2.24) is 15.0 Å². The highest BCUT2D eigenvalue weighted by molar-refractivity contribution is 5.33. The third-order valence-electron chi connectivity index (χ3n) is 2.63. The topological polar surface area (TPSA) is 60.4 Å². The standard InChI is InChI=1S/C13H18N4O2/c1-3-9-18-12-14-11(17-7-5-6-8-17)15-13(16-12)19-10-4-2/h3-4H,1-2,5-10H2. The van der Waals surface area contributed by atoms with Crippen molar-refractivity contribution in [1.29, 1.82) is 0 Å². The number of ether oxygens (including phenoxy) is 2. The molecule has 1 aromatic heterocycles. The average molecular weight is 262 g/mol. The molecule has 0 aromatic carbocycles. The first-order chi connectivity index (χ1) is 9.33. The minimum Gasteiger partial charge on any atom is -0.459 e. The van der Waals surface area contributed by atoms with Gasteiger partial charge in [0, 0.05) is 13.1 Å². The predicted molar refractivity (Wildman–Crippen MR) is 72.7 cm³/mol. The monoisotopic (exact) mass is 262 g/mol. The highest BCUT2D eigenvalue weighted by atomic mass is 16.5. The van der Waals surface area contributed by atoms with Crippen LogP contribution in [0.3, 0.4) is 0 Å². The largest absolute Gasteiger partial charge is 0.459 e. The fourth-order valence-electron chi connectivity index (χ4n) is 1.78. The summed E-state index contributed by atoms with van der Waals surface area (Å²) in [5.74, 6) is 0.602. The van der Waals surface area contributed by atoms with Crippen LogP contribution in [0.1, 0.15) is 12.8 Å². The average Bonchev–Trinajstić information content (AvgIpc) is 2.97. The number of nitrogens with zero attached hydrogens (tertiary/aromatic N) is 4. The molecule has 1 aliphatic rings. The van der Waals surface area contributed by atoms with Crippen molar-refractivity contribution in [2.75, 3.05) is 31.2 Å². The summed E-state index contributed by atoms with van der Waals surface area (Å²) in [7, 11) is 0. The van der Waals surface area contributed by atoms with E-state index in [0.717, 1.165) is 25.9 Å². The number of hydrogen-bond acceptors (Lipinski definition) is 6. The highest BCUT2D eigenvalue weighted by Crippen LogP contribution is 2.20. The summed E-state index contributed by atoms with van der Waals surface area (Å²) >= 11 is 0. The maximum Gasteiger partial charge on any atom is 0.324 e. The molecule has 1 aliphatic heterocycles. The van der Waals surface area contributed by atoms with E-state index in [1.807, 2.05) is 0 Å². The van der Waals surface area contributed by atoms with Crippen LogP contribution in [0, 0.1) is 0 Å². The molecule has 0 unspecified atom stereocenters. The summed E-state index contributed by atoms with van der Waals surface area (Å²) < 4.78 is 10.7. The van der Waals surface area contributed by atoms with E-state index < -0.39 is 0 Å². The van der Waals surface area contributed by atoms with Crippen molar-refractivity contribution in [3.05, 3.63) is 25.3 Å². The summed E-state index contributed by atoms with van der Waals surface area (Å²) in [6, 6.07) is 0.520. The van der Waals surface area contributed by atoms with Gasteiger partial charge in [0.25, 0.3) is 0 Å². The highest BCUT2D eigenvalue weighted by Gasteiger charge is 2.18. The first-order valence-electron chi connectivity index (χ1n) is 6.32. The zero-order valence-electron chi connectivity index (χ0n) is 10.9. The Morgan fingerprint density at radius 2 is 1.47 bits per heavy atom. The molecule has 0 amide bonds. The van der Waals surface area contributed by atoms with Crippen molar-refractivity contribution in [2.24, 2.45) is 0 Å². The van der Waals surface area contributed by atoms with Crippen molar-refractivity contribution in [3.8, 4) is 12.0 Å². The molecule has 0 radical (unpaired) electrons. The molecule has 102 valence electrons. The van der Waals surface area contributed by atoms with E-state index in [0.29, 0.717) is 19.2 Å². The Bertz CT molecular complexity index is 414. The van der Waals surface area contributed by atoms with Crippen molar-refractivity contribution in [2.45, 2.75) is 12.8 Å². The van der Waals surface area contributed by atoms with Crippen LogP contribution < -0.4 is 14.4 Å². The molecule has 1 saturated heterocycles. The van der Waals surface area contributed by atoms with Crippen LogP contribution in [0.5, 0.6) is 12.0 Å². The summed E-state index contributed by atoms with van der Waals surface area (Å²) in [4.78, 5) is 14.8. The van der Waals surface area contributed by atoms with Gasteiger partial charge in [0.15, 0.2) is 0 Å². The molecule has 1 aromatic rings. The molecular formula is C13H18N4O2. The van der Waals surface area contributed by atoms with Gasteiger partial charge in [0.2, 0.25) is 5.95 Å². The van der Waals surface area contributed by atoms with E-state index >= 15 is 0 Å². The van der Waals surface area contributed by atoms with Crippen LogP contribution in [0.2, 0.25) is 0 Å². The second kappa shape index (κ2) is 6.72. The Kier molecular flexibility index (Phi) is 4.72. The van der Waals surface area contributed by atoms with Crippen molar-refractivity contribution < 1.29 is 9.47 Å². The quantitative estimate of drug-likeness (QED) is 0.696. The maximum atomic E-state index is 5.36. The van der Waals surface area contributed by atoms with E-state index in [9.17, 15) is 0 Å².